The van der Waals surface area contributed by atoms with E-state index in [2.05, 4.69) is 17.6 Å². The van der Waals surface area contributed by atoms with Gasteiger partial charge in [0.2, 0.25) is 0 Å². The van der Waals surface area contributed by atoms with Crippen molar-refractivity contribution in [3.8, 4) is 0 Å². The number of pyridine rings is 1. The van der Waals surface area contributed by atoms with Crippen molar-refractivity contribution in [1.82, 2.24) is 4.98 Å². The molecule has 58 valence electrons. The summed E-state index contributed by atoms with van der Waals surface area (Å²) in [7, 11) is 0. The van der Waals surface area contributed by atoms with E-state index in [1.54, 1.807) is 18.3 Å². The van der Waals surface area contributed by atoms with Gasteiger partial charge >= 0.3 is 0 Å². The van der Waals surface area contributed by atoms with Crippen LogP contribution in [0, 0.1) is 0 Å². The average molecular weight is 188 g/mol. The van der Waals surface area contributed by atoms with Crippen molar-refractivity contribution in [2.75, 3.05) is 0 Å². The van der Waals surface area contributed by atoms with Crippen LogP contribution in [0.5, 0.6) is 0 Å². The number of hydrogen-bond donors (Lipinski definition) is 1. The second-order valence-electron chi connectivity index (χ2n) is 2.06. The highest BCUT2D eigenvalue weighted by molar-refractivity contribution is 7.96. The second kappa shape index (κ2) is 3.74. The maximum absolute atomic E-state index is 10.5. The molecule has 0 atom stereocenters. The summed E-state index contributed by atoms with van der Waals surface area (Å²) in [6, 6.07) is 3.38. The van der Waals surface area contributed by atoms with Gasteiger partial charge in [0.15, 0.2) is 5.12 Å². The Labute approximate surface area is 75.0 Å². The molecule has 0 aromatic carbocycles. The Morgan fingerprint density at radius 2 is 2.45 bits per heavy atom. The third kappa shape index (κ3) is 2.91. The van der Waals surface area contributed by atoms with Crippen molar-refractivity contribution in [3.05, 3.63) is 29.0 Å². The van der Waals surface area contributed by atoms with Gasteiger partial charge in [-0.1, -0.05) is 11.6 Å². The van der Waals surface area contributed by atoms with E-state index in [-0.39, 0.29) is 5.12 Å². The standard InChI is InChI=1S/C7H6ClNOS/c8-6-3-5(1-2-9-6)4-7(10)11/h1-3H,4H2,(H,10,11). The molecule has 0 bridgehead atoms. The lowest BCUT2D eigenvalue weighted by Gasteiger charge is -1.95. The molecule has 0 aliphatic carbocycles. The molecular formula is C7H6ClNOS. The Balaban J connectivity index is 2.79. The van der Waals surface area contributed by atoms with E-state index in [0.717, 1.165) is 5.56 Å². The number of carbonyl (C=O) groups is 1. The molecule has 0 saturated heterocycles. The maximum Gasteiger partial charge on any atom is 0.190 e. The number of halogens is 1. The van der Waals surface area contributed by atoms with Crippen LogP contribution in [0.25, 0.3) is 0 Å². The Bertz CT molecular complexity index is 277. The van der Waals surface area contributed by atoms with Crippen molar-refractivity contribution in [2.45, 2.75) is 6.42 Å². The largest absolute Gasteiger partial charge is 0.287 e. The highest BCUT2D eigenvalue weighted by Gasteiger charge is 1.98. The summed E-state index contributed by atoms with van der Waals surface area (Å²) in [5.74, 6) is 0. The van der Waals surface area contributed by atoms with E-state index < -0.39 is 0 Å². The first-order valence-electron chi connectivity index (χ1n) is 3.00. The zero-order valence-corrected chi connectivity index (χ0v) is 7.27. The number of nitrogens with zero attached hydrogens (tertiary/aromatic N) is 1. The Morgan fingerprint density at radius 1 is 1.73 bits per heavy atom. The van der Waals surface area contributed by atoms with Gasteiger partial charge in [-0.3, -0.25) is 4.79 Å². The van der Waals surface area contributed by atoms with Crippen molar-refractivity contribution < 1.29 is 4.79 Å². The summed E-state index contributed by atoms with van der Waals surface area (Å²) in [5.41, 5.74) is 0.838. The van der Waals surface area contributed by atoms with Gasteiger partial charge in [0, 0.05) is 12.6 Å². The summed E-state index contributed by atoms with van der Waals surface area (Å²) >= 11 is 9.22. The zero-order valence-electron chi connectivity index (χ0n) is 5.62. The molecule has 0 saturated carbocycles. The smallest absolute Gasteiger partial charge is 0.190 e. The van der Waals surface area contributed by atoms with Crippen LogP contribution in [0.3, 0.4) is 0 Å². The van der Waals surface area contributed by atoms with E-state index in [4.69, 9.17) is 11.6 Å². The average Bonchev–Trinajstić information content (AvgIpc) is 1.85. The zero-order chi connectivity index (χ0) is 8.27. The quantitative estimate of drug-likeness (QED) is 0.565. The van der Waals surface area contributed by atoms with Gasteiger partial charge < -0.3 is 0 Å². The van der Waals surface area contributed by atoms with E-state index in [1.807, 2.05) is 0 Å². The van der Waals surface area contributed by atoms with Crippen LogP contribution in [-0.2, 0) is 11.2 Å². The summed E-state index contributed by atoms with van der Waals surface area (Å²) in [5, 5.41) is 0.226. The normalized spacial score (nSPS) is 9.64. The number of aromatic nitrogens is 1. The van der Waals surface area contributed by atoms with Crippen molar-refractivity contribution in [2.24, 2.45) is 0 Å². The molecule has 1 rings (SSSR count). The molecule has 0 amide bonds. The maximum atomic E-state index is 10.5. The van der Waals surface area contributed by atoms with Gasteiger partial charge in [0.25, 0.3) is 0 Å². The minimum atomic E-state index is -0.174. The molecule has 0 aliphatic rings. The highest BCUT2D eigenvalue weighted by Crippen LogP contribution is 2.08. The second-order valence-corrected chi connectivity index (χ2v) is 2.94. The lowest BCUT2D eigenvalue weighted by molar-refractivity contribution is -0.110. The third-order valence-corrected chi connectivity index (χ3v) is 1.51. The fourth-order valence-corrected chi connectivity index (χ4v) is 1.11. The predicted molar refractivity (Wildman–Crippen MR) is 46.9 cm³/mol. The molecule has 4 heteroatoms. The van der Waals surface area contributed by atoms with Crippen LogP contribution in [0.2, 0.25) is 5.15 Å². The highest BCUT2D eigenvalue weighted by atomic mass is 35.5. The van der Waals surface area contributed by atoms with Crippen LogP contribution in [0.15, 0.2) is 18.3 Å². The van der Waals surface area contributed by atoms with Gasteiger partial charge in [0.1, 0.15) is 5.15 Å². The summed E-state index contributed by atoms with van der Waals surface area (Å²) in [4.78, 5) is 14.3. The number of carbonyl (C=O) groups excluding carboxylic acids is 1. The molecule has 0 fully saturated rings. The monoisotopic (exact) mass is 187 g/mol. The molecule has 1 aromatic heterocycles. The lowest BCUT2D eigenvalue weighted by atomic mass is 10.2. The molecule has 1 aromatic rings. The molecule has 2 nitrogen and oxygen atoms in total. The van der Waals surface area contributed by atoms with Crippen molar-refractivity contribution in [1.29, 1.82) is 0 Å². The van der Waals surface area contributed by atoms with Crippen LogP contribution in [0.4, 0.5) is 0 Å². The first-order valence-corrected chi connectivity index (χ1v) is 3.83. The summed E-state index contributed by atoms with van der Waals surface area (Å²) in [6.45, 7) is 0. The van der Waals surface area contributed by atoms with Crippen LogP contribution < -0.4 is 0 Å². The molecule has 0 radical (unpaired) electrons. The fourth-order valence-electron chi connectivity index (χ4n) is 0.727. The topological polar surface area (TPSA) is 30.0 Å². The van der Waals surface area contributed by atoms with Gasteiger partial charge in [-0.05, 0) is 17.7 Å². The fraction of sp³-hybridized carbons (Fsp3) is 0.143. The number of rotatable bonds is 2. The lowest BCUT2D eigenvalue weighted by Crippen LogP contribution is -1.93. The Morgan fingerprint density at radius 3 is 3.00 bits per heavy atom. The van der Waals surface area contributed by atoms with Crippen LogP contribution in [-0.4, -0.2) is 10.1 Å². The van der Waals surface area contributed by atoms with E-state index in [0.29, 0.717) is 11.6 Å². The van der Waals surface area contributed by atoms with E-state index in [9.17, 15) is 4.79 Å². The molecule has 0 spiro atoms. The first kappa shape index (κ1) is 8.56. The molecule has 0 unspecified atom stereocenters. The molecular weight excluding hydrogens is 182 g/mol. The Kier molecular flexibility index (Phi) is 2.91. The van der Waals surface area contributed by atoms with Gasteiger partial charge in [0.05, 0.1) is 0 Å². The molecule has 11 heavy (non-hydrogen) atoms. The van der Waals surface area contributed by atoms with Crippen LogP contribution >= 0.6 is 24.2 Å². The van der Waals surface area contributed by atoms with Crippen molar-refractivity contribution >= 4 is 29.3 Å². The Hall–Kier alpha value is -0.540. The van der Waals surface area contributed by atoms with E-state index >= 15 is 0 Å². The van der Waals surface area contributed by atoms with Gasteiger partial charge in [-0.25, -0.2) is 4.98 Å². The molecule has 1 heterocycles. The summed E-state index contributed by atoms with van der Waals surface area (Å²) in [6.07, 6.45) is 1.86. The minimum Gasteiger partial charge on any atom is -0.287 e. The molecule has 0 aliphatic heterocycles. The minimum absolute atomic E-state index is 0.174. The predicted octanol–water partition coefficient (Wildman–Crippen LogP) is 1.73. The van der Waals surface area contributed by atoms with E-state index in [1.165, 1.54) is 0 Å². The van der Waals surface area contributed by atoms with Crippen molar-refractivity contribution in [3.63, 3.8) is 0 Å². The van der Waals surface area contributed by atoms with Gasteiger partial charge in [-0.2, -0.15) is 0 Å². The van der Waals surface area contributed by atoms with Gasteiger partial charge in [-0.15, -0.1) is 12.6 Å². The van der Waals surface area contributed by atoms with Crippen LogP contribution in [0.1, 0.15) is 5.56 Å². The third-order valence-electron chi connectivity index (χ3n) is 1.15. The summed E-state index contributed by atoms with van der Waals surface area (Å²) < 4.78 is 0. The first-order chi connectivity index (χ1) is 5.18. The number of thiol groups is 1. The molecule has 0 N–H and O–H groups in total. The number of hydrogen-bond acceptors (Lipinski definition) is 2. The SMILES string of the molecule is O=C(S)Cc1ccnc(Cl)c1.